The highest BCUT2D eigenvalue weighted by Gasteiger charge is 2.18. The fourth-order valence-corrected chi connectivity index (χ4v) is 3.06. The van der Waals surface area contributed by atoms with Crippen LogP contribution in [0, 0.1) is 0 Å². The first-order valence-electron chi connectivity index (χ1n) is 8.38. The second-order valence-corrected chi connectivity index (χ2v) is 6.11. The SMILES string of the molecule is CCn1nc(CO)cc1-c1nnc(-c2cc(C(N)=O)cc3c2cnn3C)[nH]1. The Morgan fingerprint density at radius 3 is 2.74 bits per heavy atom. The molecule has 0 unspecified atom stereocenters. The van der Waals surface area contributed by atoms with Crippen molar-refractivity contribution < 1.29 is 9.90 Å². The minimum absolute atomic E-state index is 0.155. The van der Waals surface area contributed by atoms with Gasteiger partial charge in [-0.05, 0) is 25.1 Å². The highest BCUT2D eigenvalue weighted by atomic mass is 16.3. The van der Waals surface area contributed by atoms with Crippen molar-refractivity contribution in [3.05, 3.63) is 35.7 Å². The predicted octanol–water partition coefficient (Wildman–Crippen LogP) is 0.833. The number of nitrogens with one attached hydrogen (secondary N) is 1. The van der Waals surface area contributed by atoms with Crippen LogP contribution in [0.1, 0.15) is 23.0 Å². The van der Waals surface area contributed by atoms with E-state index in [4.69, 9.17) is 5.73 Å². The number of amides is 1. The summed E-state index contributed by atoms with van der Waals surface area (Å²) in [5, 5.41) is 27.2. The number of aromatic nitrogens is 7. The molecule has 138 valence electrons. The van der Waals surface area contributed by atoms with Gasteiger partial charge in [0.1, 0.15) is 5.69 Å². The van der Waals surface area contributed by atoms with Crippen LogP contribution in [0.3, 0.4) is 0 Å². The first kappa shape index (κ1) is 16.9. The average molecular weight is 366 g/mol. The van der Waals surface area contributed by atoms with E-state index in [9.17, 15) is 9.90 Å². The van der Waals surface area contributed by atoms with Gasteiger partial charge in [0.25, 0.3) is 0 Å². The lowest BCUT2D eigenvalue weighted by molar-refractivity contribution is 0.100. The molecule has 0 spiro atoms. The molecule has 0 saturated heterocycles. The van der Waals surface area contributed by atoms with E-state index in [-0.39, 0.29) is 6.61 Å². The number of hydrogen-bond acceptors (Lipinski definition) is 6. The monoisotopic (exact) mass is 366 g/mol. The number of nitrogens with two attached hydrogens (primary N) is 1. The number of carbonyl (C=O) groups is 1. The largest absolute Gasteiger partial charge is 0.390 e. The molecule has 0 aliphatic heterocycles. The topological polar surface area (TPSA) is 141 Å². The minimum Gasteiger partial charge on any atom is -0.390 e. The standard InChI is InChI=1S/C17H18N8O2/c1-3-25-14(6-10(8-26)23-25)17-20-16(21-22-17)11-4-9(15(18)27)5-13-12(11)7-19-24(13)2/h4-7,26H,3,8H2,1-2H3,(H2,18,27)(H,20,21,22). The summed E-state index contributed by atoms with van der Waals surface area (Å²) in [7, 11) is 1.79. The summed E-state index contributed by atoms with van der Waals surface area (Å²) < 4.78 is 3.40. The molecule has 4 rings (SSSR count). The van der Waals surface area contributed by atoms with E-state index >= 15 is 0 Å². The highest BCUT2D eigenvalue weighted by Crippen LogP contribution is 2.29. The van der Waals surface area contributed by atoms with E-state index in [0.717, 1.165) is 10.9 Å². The van der Waals surface area contributed by atoms with E-state index in [1.54, 1.807) is 40.8 Å². The summed E-state index contributed by atoms with van der Waals surface area (Å²) >= 11 is 0. The lowest BCUT2D eigenvalue weighted by atomic mass is 10.1. The smallest absolute Gasteiger partial charge is 0.248 e. The molecule has 4 aromatic rings. The number of hydrogen-bond donors (Lipinski definition) is 3. The van der Waals surface area contributed by atoms with Gasteiger partial charge < -0.3 is 15.8 Å². The third-order valence-corrected chi connectivity index (χ3v) is 4.43. The summed E-state index contributed by atoms with van der Waals surface area (Å²) in [6.45, 7) is 2.41. The molecular formula is C17H18N8O2. The molecule has 0 saturated carbocycles. The normalized spacial score (nSPS) is 11.4. The molecule has 0 atom stereocenters. The molecule has 10 nitrogen and oxygen atoms in total. The Kier molecular flexibility index (Phi) is 3.96. The average Bonchev–Trinajstić information content (AvgIpc) is 3.38. The quantitative estimate of drug-likeness (QED) is 0.478. The first-order valence-corrected chi connectivity index (χ1v) is 8.38. The van der Waals surface area contributed by atoms with Gasteiger partial charge in [-0.3, -0.25) is 14.2 Å². The second-order valence-electron chi connectivity index (χ2n) is 6.11. The van der Waals surface area contributed by atoms with Crippen LogP contribution in [0.5, 0.6) is 0 Å². The summed E-state index contributed by atoms with van der Waals surface area (Å²) in [4.78, 5) is 14.9. The van der Waals surface area contributed by atoms with Crippen molar-refractivity contribution in [3.8, 4) is 22.9 Å². The van der Waals surface area contributed by atoms with Gasteiger partial charge in [-0.1, -0.05) is 0 Å². The number of aliphatic hydroxyl groups is 1. The van der Waals surface area contributed by atoms with Gasteiger partial charge in [-0.2, -0.15) is 10.2 Å². The molecular weight excluding hydrogens is 348 g/mol. The zero-order chi connectivity index (χ0) is 19.1. The summed E-state index contributed by atoms with van der Waals surface area (Å²) in [6, 6.07) is 5.13. The Bertz CT molecular complexity index is 1150. The van der Waals surface area contributed by atoms with Crippen molar-refractivity contribution in [2.75, 3.05) is 0 Å². The van der Waals surface area contributed by atoms with Gasteiger partial charge >= 0.3 is 0 Å². The molecule has 0 aliphatic carbocycles. The molecule has 3 heterocycles. The number of carbonyl (C=O) groups excluding carboxylic acids is 1. The van der Waals surface area contributed by atoms with Crippen molar-refractivity contribution in [3.63, 3.8) is 0 Å². The lowest BCUT2D eigenvalue weighted by Gasteiger charge is -2.04. The Hall–Kier alpha value is -3.53. The summed E-state index contributed by atoms with van der Waals surface area (Å²) in [6.07, 6.45) is 1.71. The highest BCUT2D eigenvalue weighted by molar-refractivity contribution is 6.02. The van der Waals surface area contributed by atoms with Crippen LogP contribution in [0.4, 0.5) is 0 Å². The van der Waals surface area contributed by atoms with Crippen LogP contribution in [0.25, 0.3) is 33.8 Å². The number of fused-ring (bicyclic) bond motifs is 1. The Morgan fingerprint density at radius 2 is 2.04 bits per heavy atom. The van der Waals surface area contributed by atoms with E-state index in [0.29, 0.717) is 40.7 Å². The third-order valence-electron chi connectivity index (χ3n) is 4.43. The molecule has 4 N–H and O–H groups in total. The second kappa shape index (κ2) is 6.32. The maximum Gasteiger partial charge on any atom is 0.248 e. The number of aliphatic hydroxyl groups excluding tert-OH is 1. The van der Waals surface area contributed by atoms with Crippen LogP contribution in [0.15, 0.2) is 24.4 Å². The van der Waals surface area contributed by atoms with E-state index in [2.05, 4.69) is 25.4 Å². The number of benzene rings is 1. The van der Waals surface area contributed by atoms with Crippen molar-refractivity contribution in [1.82, 2.24) is 34.7 Å². The molecule has 0 radical (unpaired) electrons. The number of rotatable bonds is 5. The van der Waals surface area contributed by atoms with Gasteiger partial charge in [-0.25, -0.2) is 0 Å². The molecule has 1 aromatic carbocycles. The van der Waals surface area contributed by atoms with E-state index < -0.39 is 5.91 Å². The zero-order valence-corrected chi connectivity index (χ0v) is 14.8. The molecule has 0 aliphatic rings. The minimum atomic E-state index is -0.532. The van der Waals surface area contributed by atoms with Crippen LogP contribution in [-0.2, 0) is 20.2 Å². The molecule has 0 fully saturated rings. The molecule has 3 aromatic heterocycles. The molecule has 0 bridgehead atoms. The lowest BCUT2D eigenvalue weighted by Crippen LogP contribution is -2.11. The molecule has 1 amide bonds. The van der Waals surface area contributed by atoms with Crippen molar-refractivity contribution in [1.29, 1.82) is 0 Å². The molecule has 10 heteroatoms. The predicted molar refractivity (Wildman–Crippen MR) is 97.4 cm³/mol. The Balaban J connectivity index is 1.87. The van der Waals surface area contributed by atoms with E-state index in [1.807, 2.05) is 6.92 Å². The Labute approximate surface area is 153 Å². The van der Waals surface area contributed by atoms with Gasteiger partial charge in [0.05, 0.1) is 24.0 Å². The van der Waals surface area contributed by atoms with Crippen LogP contribution in [0.2, 0.25) is 0 Å². The van der Waals surface area contributed by atoms with Crippen molar-refractivity contribution in [2.24, 2.45) is 12.8 Å². The maximum absolute atomic E-state index is 11.7. The fourth-order valence-electron chi connectivity index (χ4n) is 3.06. The fraction of sp³-hybridized carbons (Fsp3) is 0.235. The summed E-state index contributed by atoms with van der Waals surface area (Å²) in [5.41, 5.74) is 8.54. The van der Waals surface area contributed by atoms with Crippen molar-refractivity contribution >= 4 is 16.8 Å². The van der Waals surface area contributed by atoms with Gasteiger partial charge in [0, 0.05) is 30.1 Å². The zero-order valence-electron chi connectivity index (χ0n) is 14.8. The van der Waals surface area contributed by atoms with Gasteiger partial charge in [-0.15, -0.1) is 10.2 Å². The van der Waals surface area contributed by atoms with Crippen molar-refractivity contribution in [2.45, 2.75) is 20.1 Å². The van der Waals surface area contributed by atoms with Gasteiger partial charge in [0.2, 0.25) is 5.91 Å². The molecule has 27 heavy (non-hydrogen) atoms. The number of nitrogens with zero attached hydrogens (tertiary/aromatic N) is 6. The number of H-pyrrole nitrogens is 1. The number of aryl methyl sites for hydroxylation is 2. The van der Waals surface area contributed by atoms with Crippen LogP contribution in [-0.4, -0.2) is 45.8 Å². The first-order chi connectivity index (χ1) is 13.0. The van der Waals surface area contributed by atoms with Gasteiger partial charge in [0.15, 0.2) is 11.6 Å². The van der Waals surface area contributed by atoms with Crippen LogP contribution < -0.4 is 5.73 Å². The maximum atomic E-state index is 11.7. The number of primary amides is 1. The van der Waals surface area contributed by atoms with Crippen LogP contribution >= 0.6 is 0 Å². The third kappa shape index (κ3) is 2.75. The van der Waals surface area contributed by atoms with E-state index in [1.165, 1.54) is 0 Å². The Morgan fingerprint density at radius 1 is 1.26 bits per heavy atom. The summed E-state index contributed by atoms with van der Waals surface area (Å²) in [5.74, 6) is 0.469. The number of aromatic amines is 1.